The third kappa shape index (κ3) is 2.86. The van der Waals surface area contributed by atoms with E-state index >= 15 is 0 Å². The molecule has 2 rings (SSSR count). The van der Waals surface area contributed by atoms with E-state index in [1.807, 2.05) is 13.0 Å². The van der Waals surface area contributed by atoms with Crippen molar-refractivity contribution in [3.63, 3.8) is 0 Å². The summed E-state index contributed by atoms with van der Waals surface area (Å²) in [6.07, 6.45) is 0. The van der Waals surface area contributed by atoms with Gasteiger partial charge in [0.15, 0.2) is 0 Å². The van der Waals surface area contributed by atoms with Crippen LogP contribution in [0.25, 0.3) is 0 Å². The van der Waals surface area contributed by atoms with E-state index < -0.39 is 5.97 Å². The fourth-order valence-corrected chi connectivity index (χ4v) is 1.97. The van der Waals surface area contributed by atoms with E-state index in [2.05, 4.69) is 0 Å². The van der Waals surface area contributed by atoms with Crippen LogP contribution in [-0.4, -0.2) is 11.1 Å². The number of rotatable bonds is 3. The van der Waals surface area contributed by atoms with Crippen molar-refractivity contribution >= 4 is 23.3 Å². The van der Waals surface area contributed by atoms with E-state index in [-0.39, 0.29) is 11.3 Å². The molecule has 0 aliphatic rings. The molecule has 0 atom stereocenters. The summed E-state index contributed by atoms with van der Waals surface area (Å²) in [7, 11) is 0. The molecule has 4 nitrogen and oxygen atoms in total. The molecular formula is C15H14ClNO3. The molecule has 0 bridgehead atoms. The number of nitrogen functional groups attached to an aromatic ring is 1. The molecule has 0 fully saturated rings. The maximum absolute atomic E-state index is 11.1. The van der Waals surface area contributed by atoms with Gasteiger partial charge < -0.3 is 15.6 Å². The van der Waals surface area contributed by atoms with Crippen LogP contribution in [-0.2, 0) is 0 Å². The van der Waals surface area contributed by atoms with Crippen LogP contribution in [0.4, 0.5) is 5.69 Å². The van der Waals surface area contributed by atoms with Crippen molar-refractivity contribution in [2.24, 2.45) is 0 Å². The molecule has 0 amide bonds. The Kier molecular flexibility index (Phi) is 3.86. The Morgan fingerprint density at radius 1 is 1.20 bits per heavy atom. The van der Waals surface area contributed by atoms with Crippen molar-refractivity contribution in [2.45, 2.75) is 13.8 Å². The highest BCUT2D eigenvalue weighted by molar-refractivity contribution is 6.30. The minimum atomic E-state index is -1.08. The average molecular weight is 292 g/mol. The van der Waals surface area contributed by atoms with Crippen LogP contribution in [0.15, 0.2) is 30.3 Å². The van der Waals surface area contributed by atoms with Gasteiger partial charge >= 0.3 is 5.97 Å². The zero-order chi connectivity index (χ0) is 14.9. The van der Waals surface area contributed by atoms with Gasteiger partial charge in [0.2, 0.25) is 0 Å². The number of hydrogen-bond acceptors (Lipinski definition) is 3. The number of halogens is 1. The van der Waals surface area contributed by atoms with E-state index in [1.54, 1.807) is 25.1 Å². The zero-order valence-corrected chi connectivity index (χ0v) is 11.9. The van der Waals surface area contributed by atoms with Crippen LogP contribution >= 0.6 is 11.6 Å². The number of carboxylic acid groups (broad SMARTS) is 1. The van der Waals surface area contributed by atoms with Crippen LogP contribution in [0.3, 0.4) is 0 Å². The van der Waals surface area contributed by atoms with Gasteiger partial charge in [-0.05, 0) is 49.2 Å². The maximum atomic E-state index is 11.1. The molecule has 0 saturated carbocycles. The van der Waals surface area contributed by atoms with E-state index in [9.17, 15) is 4.79 Å². The predicted molar refractivity (Wildman–Crippen MR) is 78.8 cm³/mol. The second-order valence-electron chi connectivity index (χ2n) is 4.52. The number of aryl methyl sites for hydroxylation is 2. The lowest BCUT2D eigenvalue weighted by Crippen LogP contribution is -2.04. The molecule has 0 unspecified atom stereocenters. The summed E-state index contributed by atoms with van der Waals surface area (Å²) >= 11 is 5.93. The summed E-state index contributed by atoms with van der Waals surface area (Å²) in [6.45, 7) is 3.62. The standard InChI is InChI=1S/C15H14ClNO3/c1-8-3-4-10(16)6-13(8)20-11-5-9(2)14(17)12(7-11)15(18)19/h3-7H,17H2,1-2H3,(H,18,19). The van der Waals surface area contributed by atoms with Crippen LogP contribution in [0.2, 0.25) is 5.02 Å². The van der Waals surface area contributed by atoms with Crippen molar-refractivity contribution in [1.82, 2.24) is 0 Å². The van der Waals surface area contributed by atoms with Gasteiger partial charge in [0.05, 0.1) is 5.56 Å². The molecule has 0 radical (unpaired) electrons. The van der Waals surface area contributed by atoms with E-state index in [1.165, 1.54) is 6.07 Å². The first-order valence-electron chi connectivity index (χ1n) is 5.96. The third-order valence-electron chi connectivity index (χ3n) is 2.97. The molecule has 0 spiro atoms. The van der Waals surface area contributed by atoms with Gasteiger partial charge in [-0.25, -0.2) is 4.79 Å². The van der Waals surface area contributed by atoms with Crippen LogP contribution < -0.4 is 10.5 Å². The number of carboxylic acids is 1. The SMILES string of the molecule is Cc1ccc(Cl)cc1Oc1cc(C)c(N)c(C(=O)O)c1. The fraction of sp³-hybridized carbons (Fsp3) is 0.133. The van der Waals surface area contributed by atoms with Gasteiger partial charge in [0.1, 0.15) is 11.5 Å². The summed E-state index contributed by atoms with van der Waals surface area (Å²) in [5.74, 6) is -0.0867. The molecule has 3 N–H and O–H groups in total. The fourth-order valence-electron chi connectivity index (χ4n) is 1.81. The van der Waals surface area contributed by atoms with E-state index in [0.717, 1.165) is 5.56 Å². The smallest absolute Gasteiger partial charge is 0.337 e. The highest BCUT2D eigenvalue weighted by atomic mass is 35.5. The van der Waals surface area contributed by atoms with Crippen molar-refractivity contribution in [3.8, 4) is 11.5 Å². The number of aromatic carboxylic acids is 1. The summed E-state index contributed by atoms with van der Waals surface area (Å²) in [5, 5.41) is 9.67. The first-order chi connectivity index (χ1) is 9.38. The summed E-state index contributed by atoms with van der Waals surface area (Å²) < 4.78 is 5.71. The minimum Gasteiger partial charge on any atom is -0.478 e. The lowest BCUT2D eigenvalue weighted by molar-refractivity contribution is 0.0697. The Bertz CT molecular complexity index is 683. The van der Waals surface area contributed by atoms with Gasteiger partial charge in [0, 0.05) is 10.7 Å². The highest BCUT2D eigenvalue weighted by Gasteiger charge is 2.13. The first kappa shape index (κ1) is 14.2. The molecule has 104 valence electrons. The quantitative estimate of drug-likeness (QED) is 0.837. The van der Waals surface area contributed by atoms with Gasteiger partial charge in [-0.15, -0.1) is 0 Å². The Hall–Kier alpha value is -2.20. The number of ether oxygens (including phenoxy) is 1. The van der Waals surface area contributed by atoms with Crippen LogP contribution in [0.1, 0.15) is 21.5 Å². The predicted octanol–water partition coefficient (Wildman–Crippen LogP) is 4.03. The second kappa shape index (κ2) is 5.43. The van der Waals surface area contributed by atoms with Gasteiger partial charge in [-0.3, -0.25) is 0 Å². The Morgan fingerprint density at radius 2 is 1.90 bits per heavy atom. The normalized spacial score (nSPS) is 10.3. The van der Waals surface area contributed by atoms with E-state index in [4.69, 9.17) is 27.2 Å². The average Bonchev–Trinajstić information content (AvgIpc) is 2.37. The summed E-state index contributed by atoms with van der Waals surface area (Å²) in [6, 6.07) is 8.39. The van der Waals surface area contributed by atoms with Gasteiger partial charge in [-0.1, -0.05) is 17.7 Å². The molecule has 0 aliphatic heterocycles. The van der Waals surface area contributed by atoms with Crippen molar-refractivity contribution < 1.29 is 14.6 Å². The molecule has 2 aromatic rings. The first-order valence-corrected chi connectivity index (χ1v) is 6.33. The van der Waals surface area contributed by atoms with E-state index in [0.29, 0.717) is 22.1 Å². The molecule has 20 heavy (non-hydrogen) atoms. The number of benzene rings is 2. The van der Waals surface area contributed by atoms with Crippen molar-refractivity contribution in [3.05, 3.63) is 52.0 Å². The molecule has 0 aliphatic carbocycles. The number of carbonyl (C=O) groups is 1. The lowest BCUT2D eigenvalue weighted by Gasteiger charge is -2.12. The van der Waals surface area contributed by atoms with Crippen LogP contribution in [0.5, 0.6) is 11.5 Å². The molecule has 0 heterocycles. The number of hydrogen-bond donors (Lipinski definition) is 2. The van der Waals surface area contributed by atoms with Crippen molar-refractivity contribution in [1.29, 1.82) is 0 Å². The Labute approximate surface area is 121 Å². The Morgan fingerprint density at radius 3 is 2.55 bits per heavy atom. The molecule has 5 heteroatoms. The number of nitrogens with two attached hydrogens (primary N) is 1. The molecule has 2 aromatic carbocycles. The molecular weight excluding hydrogens is 278 g/mol. The summed E-state index contributed by atoms with van der Waals surface area (Å²) in [5.41, 5.74) is 7.57. The van der Waals surface area contributed by atoms with Crippen LogP contribution in [0, 0.1) is 13.8 Å². The maximum Gasteiger partial charge on any atom is 0.337 e. The zero-order valence-electron chi connectivity index (χ0n) is 11.1. The highest BCUT2D eigenvalue weighted by Crippen LogP contribution is 2.31. The lowest BCUT2D eigenvalue weighted by atomic mass is 10.1. The molecule has 0 saturated heterocycles. The topological polar surface area (TPSA) is 72.5 Å². The van der Waals surface area contributed by atoms with Gasteiger partial charge in [0.25, 0.3) is 0 Å². The summed E-state index contributed by atoms with van der Waals surface area (Å²) in [4.78, 5) is 11.1. The Balaban J connectivity index is 2.44. The van der Waals surface area contributed by atoms with Gasteiger partial charge in [-0.2, -0.15) is 0 Å². The molecule has 0 aromatic heterocycles. The number of anilines is 1. The third-order valence-corrected chi connectivity index (χ3v) is 3.20. The van der Waals surface area contributed by atoms with Crippen molar-refractivity contribution in [2.75, 3.05) is 5.73 Å². The monoisotopic (exact) mass is 291 g/mol. The minimum absolute atomic E-state index is 0.0275. The second-order valence-corrected chi connectivity index (χ2v) is 4.95. The largest absolute Gasteiger partial charge is 0.478 e.